The van der Waals surface area contributed by atoms with Gasteiger partial charge in [-0.05, 0) is 36.1 Å². The van der Waals surface area contributed by atoms with Gasteiger partial charge in [0.25, 0.3) is 0 Å². The van der Waals surface area contributed by atoms with E-state index < -0.39 is 0 Å². The second kappa shape index (κ2) is 13.3. The van der Waals surface area contributed by atoms with Gasteiger partial charge < -0.3 is 4.74 Å². The molecule has 0 N–H and O–H groups in total. The normalized spacial score (nSPS) is 11.0. The topological polar surface area (TPSA) is 35.0 Å². The SMILES string of the molecule is CCCCCCCCOc1ccc(-c2ccc(-c3nnc(CCCCC)s3)cc2)cc1. The minimum absolute atomic E-state index is 0.808. The number of hydrogen-bond donors (Lipinski definition) is 0. The maximum Gasteiger partial charge on any atom is 0.147 e. The van der Waals surface area contributed by atoms with Crippen molar-refractivity contribution in [3.63, 3.8) is 0 Å². The van der Waals surface area contributed by atoms with Crippen molar-refractivity contribution in [2.45, 2.75) is 78.1 Å². The number of hydrogen-bond acceptors (Lipinski definition) is 4. The van der Waals surface area contributed by atoms with Crippen molar-refractivity contribution < 1.29 is 4.74 Å². The van der Waals surface area contributed by atoms with Crippen LogP contribution in [-0.4, -0.2) is 16.8 Å². The third kappa shape index (κ3) is 7.77. The fourth-order valence-electron chi connectivity index (χ4n) is 3.62. The first kappa shape index (κ1) is 23.5. The molecule has 0 atom stereocenters. The van der Waals surface area contributed by atoms with E-state index in [1.165, 1.54) is 62.5 Å². The van der Waals surface area contributed by atoms with E-state index in [9.17, 15) is 0 Å². The highest BCUT2D eigenvalue weighted by Gasteiger charge is 2.07. The van der Waals surface area contributed by atoms with Crippen LogP contribution in [-0.2, 0) is 6.42 Å². The van der Waals surface area contributed by atoms with E-state index in [2.05, 4.69) is 72.6 Å². The molecule has 4 heteroatoms. The van der Waals surface area contributed by atoms with E-state index in [4.69, 9.17) is 4.74 Å². The standard InChI is InChI=1S/C27H36N2OS/c1-3-5-7-8-9-11-21-30-25-19-17-23(18-20-25)22-13-15-24(16-14-22)27-29-28-26(31-27)12-10-6-4-2/h13-20H,3-12,21H2,1-2H3. The number of ether oxygens (including phenoxy) is 1. The summed E-state index contributed by atoms with van der Waals surface area (Å²) in [6.07, 6.45) is 12.5. The Morgan fingerprint density at radius 2 is 1.23 bits per heavy atom. The lowest BCUT2D eigenvalue weighted by Crippen LogP contribution is -1.97. The number of nitrogens with zero attached hydrogens (tertiary/aromatic N) is 2. The lowest BCUT2D eigenvalue weighted by atomic mass is 10.0. The lowest BCUT2D eigenvalue weighted by Gasteiger charge is -2.08. The minimum atomic E-state index is 0.808. The van der Waals surface area contributed by atoms with Crippen molar-refractivity contribution in [1.82, 2.24) is 10.2 Å². The number of rotatable bonds is 14. The maximum absolute atomic E-state index is 5.90. The number of aryl methyl sites for hydroxylation is 1. The van der Waals surface area contributed by atoms with Crippen molar-refractivity contribution in [3.05, 3.63) is 53.5 Å². The molecule has 0 amide bonds. The molecular formula is C27H36N2OS. The van der Waals surface area contributed by atoms with Gasteiger partial charge in [0, 0.05) is 12.0 Å². The summed E-state index contributed by atoms with van der Waals surface area (Å²) in [6.45, 7) is 5.29. The zero-order chi connectivity index (χ0) is 21.7. The van der Waals surface area contributed by atoms with Crippen LogP contribution in [0.2, 0.25) is 0 Å². The predicted octanol–water partition coefficient (Wildman–Crippen LogP) is 8.34. The van der Waals surface area contributed by atoms with Crippen LogP contribution in [0.15, 0.2) is 48.5 Å². The van der Waals surface area contributed by atoms with Crippen molar-refractivity contribution >= 4 is 11.3 Å². The predicted molar refractivity (Wildman–Crippen MR) is 133 cm³/mol. The van der Waals surface area contributed by atoms with Crippen LogP contribution in [0.3, 0.4) is 0 Å². The largest absolute Gasteiger partial charge is 0.494 e. The quantitative estimate of drug-likeness (QED) is 0.238. The monoisotopic (exact) mass is 436 g/mol. The molecule has 0 saturated heterocycles. The molecule has 1 heterocycles. The molecule has 0 unspecified atom stereocenters. The number of unbranched alkanes of at least 4 members (excludes halogenated alkanes) is 7. The maximum atomic E-state index is 5.90. The number of benzene rings is 2. The highest BCUT2D eigenvalue weighted by atomic mass is 32.1. The Labute approximate surface area is 191 Å². The van der Waals surface area contributed by atoms with Gasteiger partial charge in [-0.2, -0.15) is 0 Å². The fraction of sp³-hybridized carbons (Fsp3) is 0.481. The summed E-state index contributed by atoms with van der Waals surface area (Å²) < 4.78 is 5.90. The average Bonchev–Trinajstić information content (AvgIpc) is 3.28. The Morgan fingerprint density at radius 3 is 1.94 bits per heavy atom. The molecule has 0 radical (unpaired) electrons. The molecular weight excluding hydrogens is 400 g/mol. The van der Waals surface area contributed by atoms with E-state index in [1.807, 2.05) is 0 Å². The second-order valence-corrected chi connectivity index (χ2v) is 9.24. The Bertz CT molecular complexity index is 871. The van der Waals surface area contributed by atoms with Crippen LogP contribution in [0.5, 0.6) is 5.75 Å². The highest BCUT2D eigenvalue weighted by Crippen LogP contribution is 2.28. The summed E-state index contributed by atoms with van der Waals surface area (Å²) in [5.41, 5.74) is 3.55. The smallest absolute Gasteiger partial charge is 0.147 e. The molecule has 1 aromatic heterocycles. The average molecular weight is 437 g/mol. The molecule has 0 saturated carbocycles. The van der Waals surface area contributed by atoms with Crippen LogP contribution in [0.25, 0.3) is 21.7 Å². The Kier molecular flexibility index (Phi) is 10.0. The van der Waals surface area contributed by atoms with E-state index in [1.54, 1.807) is 11.3 Å². The van der Waals surface area contributed by atoms with Crippen molar-refractivity contribution in [1.29, 1.82) is 0 Å². The van der Waals surface area contributed by atoms with Gasteiger partial charge in [0.1, 0.15) is 15.8 Å². The molecule has 0 aliphatic rings. The van der Waals surface area contributed by atoms with Crippen LogP contribution >= 0.6 is 11.3 Å². The van der Waals surface area contributed by atoms with Crippen LogP contribution in [0.1, 0.15) is 76.6 Å². The Morgan fingerprint density at radius 1 is 0.645 bits per heavy atom. The Hall–Kier alpha value is -2.20. The molecule has 0 aliphatic heterocycles. The van der Waals surface area contributed by atoms with Gasteiger partial charge in [-0.3, -0.25) is 0 Å². The third-order valence-electron chi connectivity index (χ3n) is 5.55. The molecule has 2 aromatic carbocycles. The van der Waals surface area contributed by atoms with E-state index in [0.717, 1.165) is 40.8 Å². The van der Waals surface area contributed by atoms with E-state index >= 15 is 0 Å². The van der Waals surface area contributed by atoms with Gasteiger partial charge in [0.15, 0.2) is 0 Å². The van der Waals surface area contributed by atoms with E-state index in [-0.39, 0.29) is 0 Å². The van der Waals surface area contributed by atoms with E-state index in [0.29, 0.717) is 0 Å². The minimum Gasteiger partial charge on any atom is -0.494 e. The second-order valence-electron chi connectivity index (χ2n) is 8.18. The van der Waals surface area contributed by atoms with Crippen LogP contribution in [0, 0.1) is 0 Å². The third-order valence-corrected chi connectivity index (χ3v) is 6.58. The molecule has 3 nitrogen and oxygen atoms in total. The zero-order valence-electron chi connectivity index (χ0n) is 19.1. The molecule has 0 spiro atoms. The summed E-state index contributed by atoms with van der Waals surface area (Å²) in [7, 11) is 0. The summed E-state index contributed by atoms with van der Waals surface area (Å²) in [6, 6.07) is 17.1. The summed E-state index contributed by atoms with van der Waals surface area (Å²) in [4.78, 5) is 0. The highest BCUT2D eigenvalue weighted by molar-refractivity contribution is 7.14. The molecule has 0 fully saturated rings. The summed E-state index contributed by atoms with van der Waals surface area (Å²) in [5.74, 6) is 0.957. The first-order valence-corrected chi connectivity index (χ1v) is 12.8. The molecule has 3 rings (SSSR count). The molecule has 166 valence electrons. The molecule has 31 heavy (non-hydrogen) atoms. The molecule has 0 bridgehead atoms. The molecule has 3 aromatic rings. The van der Waals surface area contributed by atoms with Crippen molar-refractivity contribution in [2.24, 2.45) is 0 Å². The summed E-state index contributed by atoms with van der Waals surface area (Å²) in [5, 5.41) is 10.9. The zero-order valence-corrected chi connectivity index (χ0v) is 19.9. The van der Waals surface area contributed by atoms with Crippen LogP contribution < -0.4 is 4.74 Å². The molecule has 0 aliphatic carbocycles. The van der Waals surface area contributed by atoms with Crippen LogP contribution in [0.4, 0.5) is 0 Å². The van der Waals surface area contributed by atoms with Gasteiger partial charge in [-0.25, -0.2) is 0 Å². The van der Waals surface area contributed by atoms with Crippen molar-refractivity contribution in [2.75, 3.05) is 6.61 Å². The summed E-state index contributed by atoms with van der Waals surface area (Å²) >= 11 is 1.72. The Balaban J connectivity index is 1.48. The van der Waals surface area contributed by atoms with Gasteiger partial charge >= 0.3 is 0 Å². The fourth-order valence-corrected chi connectivity index (χ4v) is 4.51. The van der Waals surface area contributed by atoms with Crippen molar-refractivity contribution in [3.8, 4) is 27.4 Å². The lowest BCUT2D eigenvalue weighted by molar-refractivity contribution is 0.304. The van der Waals surface area contributed by atoms with Gasteiger partial charge in [-0.1, -0.05) is 107 Å². The first-order chi connectivity index (χ1) is 15.3. The number of aromatic nitrogens is 2. The van der Waals surface area contributed by atoms with Gasteiger partial charge in [0.2, 0.25) is 0 Å². The van der Waals surface area contributed by atoms with Gasteiger partial charge in [-0.15, -0.1) is 10.2 Å². The first-order valence-electron chi connectivity index (χ1n) is 12.0. The van der Waals surface area contributed by atoms with Gasteiger partial charge in [0.05, 0.1) is 6.61 Å².